The van der Waals surface area contributed by atoms with Crippen molar-refractivity contribution >= 4 is 34.6 Å². The largest absolute Gasteiger partial charge is 0.366 e. The van der Waals surface area contributed by atoms with Gasteiger partial charge in [0.25, 0.3) is 5.91 Å². The molecule has 10 nitrogen and oxygen atoms in total. The van der Waals surface area contributed by atoms with Crippen molar-refractivity contribution in [1.29, 1.82) is 0 Å². The fourth-order valence-corrected chi connectivity index (χ4v) is 4.13. The second-order valence-electron chi connectivity index (χ2n) is 8.56. The minimum Gasteiger partial charge on any atom is -0.366 e. The van der Waals surface area contributed by atoms with Gasteiger partial charge in [-0.05, 0) is 56.4 Å². The van der Waals surface area contributed by atoms with E-state index in [0.717, 1.165) is 37.1 Å². The highest BCUT2D eigenvalue weighted by molar-refractivity contribution is 6.03. The number of carbonyl (C=O) groups is 1. The van der Waals surface area contributed by atoms with Gasteiger partial charge >= 0.3 is 0 Å². The molecular formula is C24H27N9O. The third-order valence-electron chi connectivity index (χ3n) is 6.02. The van der Waals surface area contributed by atoms with Gasteiger partial charge < -0.3 is 21.7 Å². The Bertz CT molecular complexity index is 1300. The van der Waals surface area contributed by atoms with Crippen LogP contribution in [0.2, 0.25) is 0 Å². The number of fused-ring (bicyclic) bond motifs is 1. The standard InChI is InChI=1S/C24H27N9O/c1-15-3-2-10-27-22(15)31-19-13-21(29-17-6-4-16(25)5-7-17)32-33-20(14-28-23(19)33)24(34)30-18-8-11-26-12-9-18/h2-3,8-14,16-17H,4-7,25H2,1H3,(H,27,31)(H,29,32)(H,26,30,34)/t16-,17-. The molecule has 4 heterocycles. The number of amides is 1. The Morgan fingerprint density at radius 3 is 2.65 bits per heavy atom. The van der Waals surface area contributed by atoms with E-state index < -0.39 is 0 Å². The third-order valence-corrected chi connectivity index (χ3v) is 6.02. The smallest absolute Gasteiger partial charge is 0.276 e. The van der Waals surface area contributed by atoms with Gasteiger partial charge in [-0.1, -0.05) is 6.07 Å². The molecule has 4 aromatic rings. The van der Waals surface area contributed by atoms with Crippen LogP contribution < -0.4 is 21.7 Å². The molecule has 0 radical (unpaired) electrons. The Morgan fingerprint density at radius 1 is 1.09 bits per heavy atom. The lowest BCUT2D eigenvalue weighted by molar-refractivity contribution is 0.102. The molecule has 0 aliphatic heterocycles. The van der Waals surface area contributed by atoms with Crippen LogP contribution in [-0.4, -0.2) is 42.6 Å². The number of aryl methyl sites for hydroxylation is 1. The minimum atomic E-state index is -0.313. The highest BCUT2D eigenvalue weighted by atomic mass is 16.2. The quantitative estimate of drug-likeness (QED) is 0.345. The second-order valence-corrected chi connectivity index (χ2v) is 8.56. The van der Waals surface area contributed by atoms with Crippen LogP contribution >= 0.6 is 0 Å². The number of nitrogens with one attached hydrogen (secondary N) is 3. The SMILES string of the molecule is Cc1cccnc1Nc1cc(N[C@H]2CC[C@H](N)CC2)nn2c(C(=O)Nc3ccncc3)cnc12. The van der Waals surface area contributed by atoms with Crippen molar-refractivity contribution < 1.29 is 4.79 Å². The molecule has 34 heavy (non-hydrogen) atoms. The van der Waals surface area contributed by atoms with Gasteiger partial charge in [-0.25, -0.2) is 14.5 Å². The van der Waals surface area contributed by atoms with E-state index in [-0.39, 0.29) is 18.0 Å². The number of anilines is 4. The first-order chi connectivity index (χ1) is 16.6. The van der Waals surface area contributed by atoms with Gasteiger partial charge in [-0.2, -0.15) is 0 Å². The number of pyridine rings is 2. The molecule has 0 aromatic carbocycles. The van der Waals surface area contributed by atoms with Crippen LogP contribution in [0.15, 0.2) is 55.1 Å². The van der Waals surface area contributed by atoms with Crippen molar-refractivity contribution in [3.63, 3.8) is 0 Å². The van der Waals surface area contributed by atoms with Crippen LogP contribution in [-0.2, 0) is 0 Å². The molecule has 5 rings (SSSR count). The monoisotopic (exact) mass is 457 g/mol. The predicted molar refractivity (Wildman–Crippen MR) is 131 cm³/mol. The Morgan fingerprint density at radius 2 is 1.88 bits per heavy atom. The number of rotatable bonds is 6. The van der Waals surface area contributed by atoms with Gasteiger partial charge in [0, 0.05) is 42.4 Å². The maximum atomic E-state index is 13.1. The molecule has 1 fully saturated rings. The highest BCUT2D eigenvalue weighted by Gasteiger charge is 2.21. The van der Waals surface area contributed by atoms with E-state index in [9.17, 15) is 4.79 Å². The van der Waals surface area contributed by atoms with Crippen LogP contribution in [0.5, 0.6) is 0 Å². The van der Waals surface area contributed by atoms with E-state index in [1.165, 1.54) is 6.20 Å². The van der Waals surface area contributed by atoms with Crippen LogP contribution in [0.3, 0.4) is 0 Å². The van der Waals surface area contributed by atoms with Gasteiger partial charge in [0.15, 0.2) is 11.3 Å². The molecule has 0 spiro atoms. The zero-order valence-electron chi connectivity index (χ0n) is 18.9. The van der Waals surface area contributed by atoms with Crippen molar-refractivity contribution in [3.05, 3.63) is 66.4 Å². The summed E-state index contributed by atoms with van der Waals surface area (Å²) in [6.07, 6.45) is 10.4. The number of hydrogen-bond acceptors (Lipinski definition) is 8. The van der Waals surface area contributed by atoms with E-state index in [1.54, 1.807) is 35.2 Å². The first-order valence-corrected chi connectivity index (χ1v) is 11.4. The summed E-state index contributed by atoms with van der Waals surface area (Å²) in [4.78, 5) is 26.0. The summed E-state index contributed by atoms with van der Waals surface area (Å²) in [5, 5.41) is 14.5. The van der Waals surface area contributed by atoms with Crippen molar-refractivity contribution in [3.8, 4) is 0 Å². The lowest BCUT2D eigenvalue weighted by Gasteiger charge is -2.27. The molecule has 0 bridgehead atoms. The van der Waals surface area contributed by atoms with E-state index >= 15 is 0 Å². The Balaban J connectivity index is 1.51. The van der Waals surface area contributed by atoms with E-state index in [1.807, 2.05) is 25.1 Å². The number of carbonyl (C=O) groups excluding carboxylic acids is 1. The number of nitrogens with two attached hydrogens (primary N) is 1. The summed E-state index contributed by atoms with van der Waals surface area (Å²) < 4.78 is 1.56. The number of aromatic nitrogens is 5. The van der Waals surface area contributed by atoms with Gasteiger partial charge in [0.1, 0.15) is 11.6 Å². The fraction of sp³-hybridized carbons (Fsp3) is 0.292. The lowest BCUT2D eigenvalue weighted by atomic mass is 9.92. The molecule has 1 saturated carbocycles. The molecule has 10 heteroatoms. The normalized spacial score (nSPS) is 17.9. The maximum Gasteiger partial charge on any atom is 0.276 e. The summed E-state index contributed by atoms with van der Waals surface area (Å²) in [6.45, 7) is 1.98. The van der Waals surface area contributed by atoms with E-state index in [4.69, 9.17) is 10.8 Å². The van der Waals surface area contributed by atoms with Gasteiger partial charge in [-0.15, -0.1) is 5.10 Å². The topological polar surface area (TPSA) is 135 Å². The van der Waals surface area contributed by atoms with Crippen LogP contribution in [0.4, 0.5) is 23.0 Å². The molecule has 5 N–H and O–H groups in total. The minimum absolute atomic E-state index is 0.259. The summed E-state index contributed by atoms with van der Waals surface area (Å²) in [5.74, 6) is 1.06. The predicted octanol–water partition coefficient (Wildman–Crippen LogP) is 3.51. The fourth-order valence-electron chi connectivity index (χ4n) is 4.13. The molecule has 0 unspecified atom stereocenters. The summed E-state index contributed by atoms with van der Waals surface area (Å²) >= 11 is 0. The van der Waals surface area contributed by atoms with Crippen LogP contribution in [0, 0.1) is 6.92 Å². The maximum absolute atomic E-state index is 13.1. The van der Waals surface area contributed by atoms with Gasteiger partial charge in [0.05, 0.1) is 11.9 Å². The first kappa shape index (κ1) is 21.8. The first-order valence-electron chi connectivity index (χ1n) is 11.4. The average molecular weight is 458 g/mol. The molecule has 1 aliphatic rings. The van der Waals surface area contributed by atoms with E-state index in [0.29, 0.717) is 28.5 Å². The third kappa shape index (κ3) is 4.67. The number of hydrogen-bond donors (Lipinski definition) is 4. The molecule has 0 saturated heterocycles. The van der Waals surface area contributed by atoms with Crippen molar-refractivity contribution in [1.82, 2.24) is 24.6 Å². The summed E-state index contributed by atoms with van der Waals surface area (Å²) in [5.41, 5.74) is 9.26. The molecule has 4 aromatic heterocycles. The van der Waals surface area contributed by atoms with Crippen LogP contribution in [0.1, 0.15) is 41.7 Å². The number of nitrogens with zero attached hydrogens (tertiary/aromatic N) is 5. The van der Waals surface area contributed by atoms with Crippen LogP contribution in [0.25, 0.3) is 5.65 Å². The molecule has 1 amide bonds. The average Bonchev–Trinajstić information content (AvgIpc) is 3.27. The zero-order valence-corrected chi connectivity index (χ0v) is 18.9. The Hall–Kier alpha value is -4.05. The molecule has 0 atom stereocenters. The molecule has 174 valence electrons. The van der Waals surface area contributed by atoms with Crippen molar-refractivity contribution in [2.75, 3.05) is 16.0 Å². The molecular weight excluding hydrogens is 430 g/mol. The summed E-state index contributed by atoms with van der Waals surface area (Å²) in [7, 11) is 0. The van der Waals surface area contributed by atoms with Crippen molar-refractivity contribution in [2.45, 2.75) is 44.7 Å². The lowest BCUT2D eigenvalue weighted by Crippen LogP contribution is -2.33. The van der Waals surface area contributed by atoms with Gasteiger partial charge in [-0.3, -0.25) is 9.78 Å². The van der Waals surface area contributed by atoms with E-state index in [2.05, 4.69) is 30.9 Å². The van der Waals surface area contributed by atoms with Crippen molar-refractivity contribution in [2.24, 2.45) is 5.73 Å². The highest BCUT2D eigenvalue weighted by Crippen LogP contribution is 2.27. The number of imidazole rings is 1. The second kappa shape index (κ2) is 9.44. The Kier molecular flexibility index (Phi) is 6.05. The zero-order chi connectivity index (χ0) is 23.5. The van der Waals surface area contributed by atoms with Gasteiger partial charge in [0.2, 0.25) is 0 Å². The Labute approximate surface area is 197 Å². The molecule has 1 aliphatic carbocycles. The summed E-state index contributed by atoms with van der Waals surface area (Å²) in [6, 6.07) is 9.77.